The van der Waals surface area contributed by atoms with Crippen LogP contribution < -0.4 is 30.7 Å². The second kappa shape index (κ2) is 13.8. The van der Waals surface area contributed by atoms with E-state index in [1.54, 1.807) is 6.20 Å². The van der Waals surface area contributed by atoms with Gasteiger partial charge in [-0.15, -0.1) is 0 Å². The zero-order valence-corrected chi connectivity index (χ0v) is 24.9. The number of carbonyl (C=O) groups is 1. The van der Waals surface area contributed by atoms with Crippen molar-refractivity contribution in [3.8, 4) is 6.01 Å². The highest BCUT2D eigenvalue weighted by Crippen LogP contribution is 2.32. The molecule has 0 saturated carbocycles. The summed E-state index contributed by atoms with van der Waals surface area (Å²) in [6, 6.07) is 8.28. The normalized spacial score (nSPS) is 21.2. The zero-order chi connectivity index (χ0) is 29.5. The number of halogens is 1. The summed E-state index contributed by atoms with van der Waals surface area (Å²) in [6.45, 7) is 12.3. The largest absolute Gasteiger partial charge is 0.467 e. The molecule has 1 amide bonds. The van der Waals surface area contributed by atoms with Crippen LogP contribution in [0.4, 0.5) is 10.2 Å². The molecular weight excluding hydrogens is 521 g/mol. The van der Waals surface area contributed by atoms with Crippen molar-refractivity contribution in [2.75, 3.05) is 45.2 Å². The molecule has 0 aliphatic carbocycles. The SMILES string of the molecule is C/C=c1/cccc/c1=C(/NC=O)c1ncc2c(N3CC4CCC(C3)N4)nc(OC)nc2c1F.CC.CC1CN(C)C1. The number of ether oxygens (including phenoxy) is 1. The van der Waals surface area contributed by atoms with E-state index in [4.69, 9.17) is 4.74 Å². The summed E-state index contributed by atoms with van der Waals surface area (Å²) in [6.07, 6.45) is 6.22. The van der Waals surface area contributed by atoms with Crippen LogP contribution in [-0.4, -0.2) is 78.7 Å². The maximum atomic E-state index is 16.0. The van der Waals surface area contributed by atoms with Gasteiger partial charge < -0.3 is 25.2 Å². The molecule has 5 heterocycles. The monoisotopic (exact) mass is 563 g/mol. The molecule has 2 unspecified atom stereocenters. The molecule has 6 rings (SSSR count). The van der Waals surface area contributed by atoms with Crippen molar-refractivity contribution in [2.45, 2.75) is 52.6 Å². The van der Waals surface area contributed by atoms with E-state index in [9.17, 15) is 4.79 Å². The molecular formula is C31H42FN7O2. The highest BCUT2D eigenvalue weighted by Gasteiger charge is 2.34. The van der Waals surface area contributed by atoms with E-state index in [1.807, 2.05) is 51.1 Å². The lowest BCUT2D eigenvalue weighted by Gasteiger charge is -2.34. The summed E-state index contributed by atoms with van der Waals surface area (Å²) in [5, 5.41) is 8.26. The summed E-state index contributed by atoms with van der Waals surface area (Å²) in [5.74, 6) is 0.943. The highest BCUT2D eigenvalue weighted by molar-refractivity contribution is 5.91. The summed E-state index contributed by atoms with van der Waals surface area (Å²) < 4.78 is 21.3. The number of fused-ring (bicyclic) bond motifs is 3. The number of methoxy groups -OCH3 is 1. The minimum Gasteiger partial charge on any atom is -0.467 e. The number of aromatic nitrogens is 3. The Morgan fingerprint density at radius 1 is 1.12 bits per heavy atom. The Morgan fingerprint density at radius 2 is 1.80 bits per heavy atom. The molecule has 3 aliphatic rings. The lowest BCUT2D eigenvalue weighted by Crippen LogP contribution is -2.51. The number of rotatable bonds is 5. The fourth-order valence-corrected chi connectivity index (χ4v) is 5.82. The predicted octanol–water partition coefficient (Wildman–Crippen LogP) is 2.41. The van der Waals surface area contributed by atoms with Gasteiger partial charge in [0.05, 0.1) is 18.2 Å². The molecule has 2 atom stereocenters. The van der Waals surface area contributed by atoms with Crippen LogP contribution in [0, 0.1) is 11.7 Å². The third-order valence-corrected chi connectivity index (χ3v) is 7.57. The first-order valence-electron chi connectivity index (χ1n) is 14.5. The Morgan fingerprint density at radius 3 is 2.37 bits per heavy atom. The maximum absolute atomic E-state index is 16.0. The van der Waals surface area contributed by atoms with Crippen LogP contribution in [0.25, 0.3) is 22.7 Å². The average Bonchev–Trinajstić information content (AvgIpc) is 3.33. The number of likely N-dealkylation sites (tertiary alicyclic amines) is 1. The molecule has 220 valence electrons. The van der Waals surface area contributed by atoms with Gasteiger partial charge in [-0.25, -0.2) is 4.39 Å². The minimum atomic E-state index is -0.636. The number of nitrogens with zero attached hydrogens (tertiary/aromatic N) is 5. The maximum Gasteiger partial charge on any atom is 0.318 e. The van der Waals surface area contributed by atoms with Crippen molar-refractivity contribution >= 4 is 34.9 Å². The molecule has 2 N–H and O–H groups in total. The lowest BCUT2D eigenvalue weighted by atomic mass is 10.1. The van der Waals surface area contributed by atoms with Gasteiger partial charge in [0.25, 0.3) is 0 Å². The van der Waals surface area contributed by atoms with Crippen LogP contribution in [-0.2, 0) is 4.79 Å². The average molecular weight is 564 g/mol. The first kappa shape index (κ1) is 30.3. The van der Waals surface area contributed by atoms with Crippen LogP contribution in [0.15, 0.2) is 30.5 Å². The number of anilines is 1. The van der Waals surface area contributed by atoms with Gasteiger partial charge in [-0.1, -0.05) is 51.1 Å². The van der Waals surface area contributed by atoms with Crippen molar-refractivity contribution in [3.05, 3.63) is 52.4 Å². The van der Waals surface area contributed by atoms with E-state index >= 15 is 4.39 Å². The number of hydrogen-bond acceptors (Lipinski definition) is 8. The predicted molar refractivity (Wildman–Crippen MR) is 162 cm³/mol. The third-order valence-electron chi connectivity index (χ3n) is 7.57. The topological polar surface area (TPSA) is 95.5 Å². The fraction of sp³-hybridized carbons (Fsp3) is 0.484. The minimum absolute atomic E-state index is 0.0102. The molecule has 3 fully saturated rings. The van der Waals surface area contributed by atoms with Gasteiger partial charge in [-0.05, 0) is 37.9 Å². The molecule has 10 heteroatoms. The second-order valence-corrected chi connectivity index (χ2v) is 10.6. The van der Waals surface area contributed by atoms with Crippen molar-refractivity contribution in [3.63, 3.8) is 0 Å². The summed E-state index contributed by atoms with van der Waals surface area (Å²) >= 11 is 0. The Bertz CT molecular complexity index is 1460. The number of pyridine rings is 1. The molecule has 1 aromatic carbocycles. The van der Waals surface area contributed by atoms with Crippen molar-refractivity contribution < 1.29 is 13.9 Å². The lowest BCUT2D eigenvalue weighted by molar-refractivity contribution is -0.108. The second-order valence-electron chi connectivity index (χ2n) is 10.6. The molecule has 0 radical (unpaired) electrons. The van der Waals surface area contributed by atoms with Gasteiger partial charge in [0.15, 0.2) is 5.82 Å². The molecule has 0 spiro atoms. The summed E-state index contributed by atoms with van der Waals surface area (Å²) in [5.41, 5.74) is 0.393. The molecule has 3 saturated heterocycles. The Labute approximate surface area is 241 Å². The zero-order valence-electron chi connectivity index (χ0n) is 24.9. The molecule has 2 bridgehead atoms. The number of hydrogen-bond donors (Lipinski definition) is 2. The Balaban J connectivity index is 0.000000424. The van der Waals surface area contributed by atoms with E-state index in [-0.39, 0.29) is 22.9 Å². The van der Waals surface area contributed by atoms with Crippen LogP contribution in [0.1, 0.15) is 46.2 Å². The smallest absolute Gasteiger partial charge is 0.318 e. The van der Waals surface area contributed by atoms with Crippen molar-refractivity contribution in [1.82, 2.24) is 30.5 Å². The first-order chi connectivity index (χ1) is 19.9. The third kappa shape index (κ3) is 6.65. The van der Waals surface area contributed by atoms with Gasteiger partial charge >= 0.3 is 6.01 Å². The van der Waals surface area contributed by atoms with Crippen LogP contribution in [0.3, 0.4) is 0 Å². The van der Waals surface area contributed by atoms with Crippen LogP contribution in [0.2, 0.25) is 0 Å². The first-order valence-corrected chi connectivity index (χ1v) is 14.5. The van der Waals surface area contributed by atoms with Gasteiger partial charge in [0.1, 0.15) is 17.0 Å². The number of carbonyl (C=O) groups excluding carboxylic acids is 1. The number of amides is 1. The van der Waals surface area contributed by atoms with Crippen LogP contribution in [0.5, 0.6) is 6.01 Å². The number of piperazine rings is 1. The molecule has 3 aromatic rings. The molecule has 9 nitrogen and oxygen atoms in total. The van der Waals surface area contributed by atoms with E-state index < -0.39 is 5.82 Å². The summed E-state index contributed by atoms with van der Waals surface area (Å²) in [4.78, 5) is 29.2. The highest BCUT2D eigenvalue weighted by atomic mass is 19.1. The van der Waals surface area contributed by atoms with E-state index in [0.29, 0.717) is 34.9 Å². The van der Waals surface area contributed by atoms with E-state index in [1.165, 1.54) is 20.2 Å². The quantitative estimate of drug-likeness (QED) is 0.457. The van der Waals surface area contributed by atoms with E-state index in [2.05, 4.69) is 49.4 Å². The van der Waals surface area contributed by atoms with Crippen LogP contribution >= 0.6 is 0 Å². The molecule has 2 aromatic heterocycles. The van der Waals surface area contributed by atoms with Gasteiger partial charge in [0, 0.05) is 49.7 Å². The van der Waals surface area contributed by atoms with E-state index in [0.717, 1.165) is 37.1 Å². The van der Waals surface area contributed by atoms with Gasteiger partial charge in [0.2, 0.25) is 6.41 Å². The standard InChI is InChI=1S/C24H25FN6O2.C5H11N.C2H6/c1-3-14-6-4-5-7-17(14)21(27-13-32)22-19(25)20-18(10-26-22)23(30-24(29-20)33-2)31-11-15-8-9-16(12-31)28-15;1-5-3-6(2)4-5;1-2/h3-7,10,13,15-16,28H,8-9,11-12H2,1-2H3,(H,27,32);5H,3-4H2,1-2H3;1-2H3/b14-3-,21-17-;;. The van der Waals surface area contributed by atoms with Crippen molar-refractivity contribution in [2.24, 2.45) is 5.92 Å². The Kier molecular flexibility index (Phi) is 10.2. The number of benzene rings is 1. The van der Waals surface area contributed by atoms with Gasteiger partial charge in [-0.2, -0.15) is 9.97 Å². The molecule has 3 aliphatic heterocycles. The number of nitrogens with one attached hydrogen (secondary N) is 2. The Hall–Kier alpha value is -3.63. The van der Waals surface area contributed by atoms with Gasteiger partial charge in [-0.3, -0.25) is 9.78 Å². The summed E-state index contributed by atoms with van der Waals surface area (Å²) in [7, 11) is 3.62. The fourth-order valence-electron chi connectivity index (χ4n) is 5.82. The molecule has 41 heavy (non-hydrogen) atoms. The van der Waals surface area contributed by atoms with Crippen molar-refractivity contribution in [1.29, 1.82) is 0 Å².